The molecule has 0 amide bonds. The average molecular weight is 262 g/mol. The molecule has 104 valence electrons. The molecule has 1 heterocycles. The first-order valence-corrected chi connectivity index (χ1v) is 6.65. The number of aryl methyl sites for hydroxylation is 1. The number of nitrogens with zero attached hydrogens (tertiary/aromatic N) is 2. The van der Waals surface area contributed by atoms with Crippen LogP contribution in [0.25, 0.3) is 0 Å². The van der Waals surface area contributed by atoms with Crippen molar-refractivity contribution in [3.63, 3.8) is 0 Å². The average Bonchev–Trinajstić information content (AvgIpc) is 2.40. The fraction of sp³-hybridized carbons (Fsp3) is 0.500. The Hall–Kier alpha value is -1.59. The molecule has 5 nitrogen and oxygen atoms in total. The summed E-state index contributed by atoms with van der Waals surface area (Å²) >= 11 is 0. The smallest absolute Gasteiger partial charge is 0.124 e. The van der Waals surface area contributed by atoms with Crippen molar-refractivity contribution in [1.82, 2.24) is 4.90 Å². The Kier molecular flexibility index (Phi) is 4.39. The number of piperazine rings is 1. The van der Waals surface area contributed by atoms with Crippen LogP contribution in [0.15, 0.2) is 18.2 Å². The van der Waals surface area contributed by atoms with E-state index in [-0.39, 0.29) is 12.4 Å². The van der Waals surface area contributed by atoms with Gasteiger partial charge in [0.2, 0.25) is 0 Å². The summed E-state index contributed by atoms with van der Waals surface area (Å²) in [5.74, 6) is 0.122. The molecule has 0 bridgehead atoms. The first-order chi connectivity index (χ1) is 9.13. The predicted octanol–water partition coefficient (Wildman–Crippen LogP) is 0.393. The zero-order valence-electron chi connectivity index (χ0n) is 11.4. The highest BCUT2D eigenvalue weighted by molar-refractivity contribution is 6.01. The number of benzene rings is 1. The molecule has 0 saturated carbocycles. The molecule has 0 aromatic heterocycles. The summed E-state index contributed by atoms with van der Waals surface area (Å²) in [7, 11) is 0. The molecule has 1 aliphatic heterocycles. The van der Waals surface area contributed by atoms with E-state index in [1.165, 1.54) is 0 Å². The van der Waals surface area contributed by atoms with Gasteiger partial charge in [-0.15, -0.1) is 0 Å². The Morgan fingerprint density at radius 1 is 1.32 bits per heavy atom. The highest BCUT2D eigenvalue weighted by Crippen LogP contribution is 2.26. The van der Waals surface area contributed by atoms with Crippen LogP contribution < -0.4 is 10.6 Å². The van der Waals surface area contributed by atoms with Gasteiger partial charge in [-0.05, 0) is 18.6 Å². The molecule has 5 heteroatoms. The van der Waals surface area contributed by atoms with E-state index in [1.807, 2.05) is 12.1 Å². The minimum atomic E-state index is 0.122. The molecule has 19 heavy (non-hydrogen) atoms. The van der Waals surface area contributed by atoms with Crippen molar-refractivity contribution in [1.29, 1.82) is 5.41 Å². The Morgan fingerprint density at radius 3 is 2.58 bits per heavy atom. The van der Waals surface area contributed by atoms with Gasteiger partial charge in [-0.3, -0.25) is 10.3 Å². The van der Waals surface area contributed by atoms with E-state index in [0.29, 0.717) is 0 Å². The molecule has 4 N–H and O–H groups in total. The highest BCUT2D eigenvalue weighted by Gasteiger charge is 2.20. The fourth-order valence-electron chi connectivity index (χ4n) is 2.63. The van der Waals surface area contributed by atoms with Gasteiger partial charge in [0.25, 0.3) is 0 Å². The predicted molar refractivity (Wildman–Crippen MR) is 77.9 cm³/mol. The van der Waals surface area contributed by atoms with Gasteiger partial charge in [0.1, 0.15) is 5.84 Å². The van der Waals surface area contributed by atoms with Crippen LogP contribution in [0.2, 0.25) is 0 Å². The van der Waals surface area contributed by atoms with Crippen LogP contribution in [0.1, 0.15) is 11.1 Å². The maximum atomic E-state index is 8.96. The van der Waals surface area contributed by atoms with Gasteiger partial charge >= 0.3 is 0 Å². The Labute approximate surface area is 114 Å². The van der Waals surface area contributed by atoms with Crippen molar-refractivity contribution in [2.75, 3.05) is 44.2 Å². The van der Waals surface area contributed by atoms with E-state index < -0.39 is 0 Å². The number of nitrogens with one attached hydrogen (secondary N) is 1. The van der Waals surface area contributed by atoms with Crippen LogP contribution in [0, 0.1) is 12.3 Å². The second-order valence-electron chi connectivity index (χ2n) is 4.94. The van der Waals surface area contributed by atoms with Crippen LogP contribution in [0.5, 0.6) is 0 Å². The molecular formula is C14H22N4O. The van der Waals surface area contributed by atoms with Gasteiger partial charge < -0.3 is 15.7 Å². The largest absolute Gasteiger partial charge is 0.395 e. The Morgan fingerprint density at radius 2 is 2.00 bits per heavy atom. The van der Waals surface area contributed by atoms with E-state index in [4.69, 9.17) is 16.2 Å². The zero-order valence-corrected chi connectivity index (χ0v) is 11.4. The van der Waals surface area contributed by atoms with E-state index >= 15 is 0 Å². The number of β-amino-alcohol motifs (C(OH)–C–C–N with tert-alkyl or cyclic N) is 1. The second kappa shape index (κ2) is 6.04. The second-order valence-corrected chi connectivity index (χ2v) is 4.94. The van der Waals surface area contributed by atoms with Gasteiger partial charge in [-0.25, -0.2) is 0 Å². The van der Waals surface area contributed by atoms with E-state index in [1.54, 1.807) is 0 Å². The number of aliphatic hydroxyl groups excluding tert-OH is 1. The lowest BCUT2D eigenvalue weighted by molar-refractivity contribution is 0.188. The number of anilines is 1. The van der Waals surface area contributed by atoms with Crippen LogP contribution in [-0.2, 0) is 0 Å². The molecule has 0 unspecified atom stereocenters. The lowest BCUT2D eigenvalue weighted by Gasteiger charge is -2.37. The van der Waals surface area contributed by atoms with Crippen molar-refractivity contribution in [2.45, 2.75) is 6.92 Å². The van der Waals surface area contributed by atoms with Crippen molar-refractivity contribution in [3.8, 4) is 0 Å². The van der Waals surface area contributed by atoms with Crippen molar-refractivity contribution >= 4 is 11.5 Å². The summed E-state index contributed by atoms with van der Waals surface area (Å²) < 4.78 is 0. The molecule has 0 aliphatic carbocycles. The van der Waals surface area contributed by atoms with Crippen LogP contribution in [0.3, 0.4) is 0 Å². The van der Waals surface area contributed by atoms with Crippen molar-refractivity contribution < 1.29 is 5.11 Å². The third-order valence-corrected chi connectivity index (χ3v) is 3.63. The number of hydrogen-bond donors (Lipinski definition) is 3. The van der Waals surface area contributed by atoms with Gasteiger partial charge in [0.15, 0.2) is 0 Å². The molecule has 0 radical (unpaired) electrons. The minimum Gasteiger partial charge on any atom is -0.395 e. The van der Waals surface area contributed by atoms with E-state index in [2.05, 4.69) is 22.8 Å². The third kappa shape index (κ3) is 3.05. The van der Waals surface area contributed by atoms with Gasteiger partial charge in [-0.1, -0.05) is 12.1 Å². The molecule has 0 spiro atoms. The normalized spacial score (nSPS) is 16.6. The maximum absolute atomic E-state index is 8.96. The highest BCUT2D eigenvalue weighted by atomic mass is 16.3. The van der Waals surface area contributed by atoms with E-state index in [0.717, 1.165) is 49.5 Å². The van der Waals surface area contributed by atoms with Crippen molar-refractivity contribution in [3.05, 3.63) is 29.3 Å². The molecule has 0 atom stereocenters. The summed E-state index contributed by atoms with van der Waals surface area (Å²) in [6.07, 6.45) is 0. The van der Waals surface area contributed by atoms with Crippen LogP contribution in [-0.4, -0.2) is 55.2 Å². The van der Waals surface area contributed by atoms with Gasteiger partial charge in [0.05, 0.1) is 12.3 Å². The first-order valence-electron chi connectivity index (χ1n) is 6.65. The number of aliphatic hydroxyl groups is 1. The summed E-state index contributed by atoms with van der Waals surface area (Å²) in [5.41, 5.74) is 8.73. The Bertz CT molecular complexity index is 453. The molecule has 1 aromatic carbocycles. The SMILES string of the molecule is Cc1cccc(C(=N)N)c1N1CCN(CCO)CC1. The molecule has 1 saturated heterocycles. The topological polar surface area (TPSA) is 76.6 Å². The first kappa shape index (κ1) is 13.8. The van der Waals surface area contributed by atoms with E-state index in [9.17, 15) is 0 Å². The molecule has 1 aliphatic rings. The lowest BCUT2D eigenvalue weighted by atomic mass is 10.0. The van der Waals surface area contributed by atoms with Crippen molar-refractivity contribution in [2.24, 2.45) is 5.73 Å². The molecule has 1 aromatic rings. The van der Waals surface area contributed by atoms with Gasteiger partial charge in [0, 0.05) is 38.3 Å². The molecular weight excluding hydrogens is 240 g/mol. The summed E-state index contributed by atoms with van der Waals surface area (Å²) in [6.45, 7) is 6.70. The van der Waals surface area contributed by atoms with Gasteiger partial charge in [-0.2, -0.15) is 0 Å². The number of amidine groups is 1. The minimum absolute atomic E-state index is 0.122. The summed E-state index contributed by atoms with van der Waals surface area (Å²) in [6, 6.07) is 5.91. The summed E-state index contributed by atoms with van der Waals surface area (Å²) in [4.78, 5) is 4.54. The third-order valence-electron chi connectivity index (χ3n) is 3.63. The maximum Gasteiger partial charge on any atom is 0.124 e. The number of nitrogen functional groups attached to an aromatic ring is 1. The molecule has 2 rings (SSSR count). The zero-order chi connectivity index (χ0) is 13.8. The molecule has 1 fully saturated rings. The number of hydrogen-bond acceptors (Lipinski definition) is 4. The number of nitrogens with two attached hydrogens (primary N) is 1. The Balaban J connectivity index is 2.17. The van der Waals surface area contributed by atoms with Crippen LogP contribution >= 0.6 is 0 Å². The lowest BCUT2D eigenvalue weighted by Crippen LogP contribution is -2.47. The summed E-state index contributed by atoms with van der Waals surface area (Å²) in [5, 5.41) is 16.7. The number of para-hydroxylation sites is 1. The fourth-order valence-corrected chi connectivity index (χ4v) is 2.63. The monoisotopic (exact) mass is 262 g/mol. The van der Waals surface area contributed by atoms with Crippen LogP contribution in [0.4, 0.5) is 5.69 Å². The quantitative estimate of drug-likeness (QED) is 0.542. The standard InChI is InChI=1S/C14H22N4O/c1-11-3-2-4-12(14(15)16)13(11)18-7-5-17(6-8-18)9-10-19/h2-4,19H,5-10H2,1H3,(H3,15,16). The number of rotatable bonds is 4.